The first-order valence-electron chi connectivity index (χ1n) is 8.04. The lowest BCUT2D eigenvalue weighted by molar-refractivity contribution is 0.0751. The summed E-state index contributed by atoms with van der Waals surface area (Å²) in [5.41, 5.74) is 0.154. The molecule has 1 aliphatic rings. The first kappa shape index (κ1) is 16.4. The Bertz CT molecular complexity index is 435. The SMILES string of the molecule is CCCNC(Cc1nc(C(OC)C2CC2)no1)C(C)(C)C. The molecule has 0 amide bonds. The molecular formula is C16H29N3O2. The van der Waals surface area contributed by atoms with Crippen molar-refractivity contribution < 1.29 is 9.26 Å². The minimum atomic E-state index is -0.000752. The molecule has 5 heteroatoms. The van der Waals surface area contributed by atoms with Crippen LogP contribution in [-0.2, 0) is 11.2 Å². The average Bonchev–Trinajstić information content (AvgIpc) is 3.14. The zero-order chi connectivity index (χ0) is 15.5. The predicted molar refractivity (Wildman–Crippen MR) is 82.0 cm³/mol. The van der Waals surface area contributed by atoms with Crippen molar-refractivity contribution in [2.45, 2.75) is 65.5 Å². The van der Waals surface area contributed by atoms with Gasteiger partial charge in [-0.3, -0.25) is 0 Å². The Labute approximate surface area is 127 Å². The van der Waals surface area contributed by atoms with Gasteiger partial charge in [0.05, 0.1) is 0 Å². The predicted octanol–water partition coefficient (Wildman–Crippen LogP) is 3.12. The van der Waals surface area contributed by atoms with Gasteiger partial charge in [0.25, 0.3) is 0 Å². The average molecular weight is 295 g/mol. The van der Waals surface area contributed by atoms with E-state index in [0.29, 0.717) is 23.7 Å². The molecule has 2 rings (SSSR count). The maximum Gasteiger partial charge on any atom is 0.228 e. The Balaban J connectivity index is 2.01. The van der Waals surface area contributed by atoms with Gasteiger partial charge < -0.3 is 14.6 Å². The van der Waals surface area contributed by atoms with Crippen LogP contribution < -0.4 is 5.32 Å². The van der Waals surface area contributed by atoms with Gasteiger partial charge in [-0.05, 0) is 37.1 Å². The molecule has 1 aliphatic carbocycles. The highest BCUT2D eigenvalue weighted by Gasteiger charge is 2.36. The second kappa shape index (κ2) is 6.88. The number of nitrogens with zero attached hydrogens (tertiary/aromatic N) is 2. The zero-order valence-corrected chi connectivity index (χ0v) is 14.0. The number of rotatable bonds is 8. The number of methoxy groups -OCH3 is 1. The van der Waals surface area contributed by atoms with E-state index >= 15 is 0 Å². The highest BCUT2D eigenvalue weighted by atomic mass is 16.5. The van der Waals surface area contributed by atoms with Crippen LogP contribution in [0, 0.1) is 11.3 Å². The van der Waals surface area contributed by atoms with Crippen LogP contribution in [0.3, 0.4) is 0 Å². The maximum absolute atomic E-state index is 5.51. The van der Waals surface area contributed by atoms with Crippen molar-refractivity contribution in [2.75, 3.05) is 13.7 Å². The van der Waals surface area contributed by atoms with Gasteiger partial charge in [0, 0.05) is 19.6 Å². The molecule has 1 heterocycles. The van der Waals surface area contributed by atoms with E-state index in [4.69, 9.17) is 9.26 Å². The Morgan fingerprint density at radius 2 is 2.10 bits per heavy atom. The van der Waals surface area contributed by atoms with Gasteiger partial charge in [-0.2, -0.15) is 4.98 Å². The Hall–Kier alpha value is -0.940. The number of hydrogen-bond donors (Lipinski definition) is 1. The van der Waals surface area contributed by atoms with Gasteiger partial charge in [-0.1, -0.05) is 32.9 Å². The monoisotopic (exact) mass is 295 g/mol. The van der Waals surface area contributed by atoms with Crippen molar-refractivity contribution >= 4 is 0 Å². The van der Waals surface area contributed by atoms with Crippen molar-refractivity contribution in [2.24, 2.45) is 11.3 Å². The Morgan fingerprint density at radius 1 is 1.38 bits per heavy atom. The summed E-state index contributed by atoms with van der Waals surface area (Å²) in [6.07, 6.45) is 4.28. The van der Waals surface area contributed by atoms with Gasteiger partial charge in [-0.25, -0.2) is 0 Å². The van der Waals surface area contributed by atoms with Crippen molar-refractivity contribution in [3.8, 4) is 0 Å². The quantitative estimate of drug-likeness (QED) is 0.798. The van der Waals surface area contributed by atoms with E-state index in [-0.39, 0.29) is 11.5 Å². The Kier molecular flexibility index (Phi) is 5.38. The molecular weight excluding hydrogens is 266 g/mol. The fourth-order valence-corrected chi connectivity index (χ4v) is 2.55. The summed E-state index contributed by atoms with van der Waals surface area (Å²) in [7, 11) is 1.72. The van der Waals surface area contributed by atoms with Crippen molar-refractivity contribution in [1.82, 2.24) is 15.5 Å². The van der Waals surface area contributed by atoms with Gasteiger partial charge in [0.1, 0.15) is 6.10 Å². The molecule has 0 bridgehead atoms. The highest BCUT2D eigenvalue weighted by molar-refractivity contribution is 5.00. The van der Waals surface area contributed by atoms with Crippen LogP contribution in [0.15, 0.2) is 4.52 Å². The molecule has 1 N–H and O–H groups in total. The van der Waals surface area contributed by atoms with Crippen molar-refractivity contribution in [3.63, 3.8) is 0 Å². The molecule has 1 fully saturated rings. The van der Waals surface area contributed by atoms with Crippen LogP contribution >= 0.6 is 0 Å². The second-order valence-electron chi connectivity index (χ2n) is 7.12. The minimum Gasteiger partial charge on any atom is -0.373 e. The van der Waals surface area contributed by atoms with E-state index in [1.165, 1.54) is 12.8 Å². The molecule has 0 saturated heterocycles. The first-order chi connectivity index (χ1) is 9.95. The van der Waals surface area contributed by atoms with Crippen LogP contribution in [0.25, 0.3) is 0 Å². The van der Waals surface area contributed by atoms with Crippen molar-refractivity contribution in [3.05, 3.63) is 11.7 Å². The molecule has 2 atom stereocenters. The van der Waals surface area contributed by atoms with Gasteiger partial charge >= 0.3 is 0 Å². The van der Waals surface area contributed by atoms with Crippen LogP contribution in [0.4, 0.5) is 0 Å². The largest absolute Gasteiger partial charge is 0.373 e. The summed E-state index contributed by atoms with van der Waals surface area (Å²) in [4.78, 5) is 4.56. The zero-order valence-electron chi connectivity index (χ0n) is 14.0. The number of nitrogens with one attached hydrogen (secondary N) is 1. The second-order valence-corrected chi connectivity index (χ2v) is 7.12. The van der Waals surface area contributed by atoms with E-state index in [2.05, 4.69) is 43.2 Å². The first-order valence-corrected chi connectivity index (χ1v) is 8.04. The Morgan fingerprint density at radius 3 is 2.62 bits per heavy atom. The third-order valence-corrected chi connectivity index (χ3v) is 4.11. The molecule has 0 aromatic carbocycles. The number of aromatic nitrogens is 2. The number of ether oxygens (including phenoxy) is 1. The van der Waals surface area contributed by atoms with Crippen molar-refractivity contribution in [1.29, 1.82) is 0 Å². The summed E-state index contributed by atoms with van der Waals surface area (Å²) in [5, 5.41) is 7.71. The molecule has 1 aromatic heterocycles. The standard InChI is InChI=1S/C16H29N3O2/c1-6-9-17-12(16(2,3)4)10-13-18-15(19-21-13)14(20-5)11-7-8-11/h11-12,14,17H,6-10H2,1-5H3. The fourth-order valence-electron chi connectivity index (χ4n) is 2.55. The lowest BCUT2D eigenvalue weighted by Gasteiger charge is -2.30. The van der Waals surface area contributed by atoms with Gasteiger partial charge in [0.2, 0.25) is 11.7 Å². The smallest absolute Gasteiger partial charge is 0.228 e. The maximum atomic E-state index is 5.51. The van der Waals surface area contributed by atoms with Gasteiger partial charge in [-0.15, -0.1) is 0 Å². The van der Waals surface area contributed by atoms with Crippen LogP contribution in [0.1, 0.15) is 64.8 Å². The molecule has 0 radical (unpaired) electrons. The van der Waals surface area contributed by atoms with E-state index in [9.17, 15) is 0 Å². The van der Waals surface area contributed by atoms with E-state index in [1.807, 2.05) is 0 Å². The number of hydrogen-bond acceptors (Lipinski definition) is 5. The summed E-state index contributed by atoms with van der Waals surface area (Å²) in [5.74, 6) is 1.98. The van der Waals surface area contributed by atoms with Crippen LogP contribution in [-0.4, -0.2) is 29.8 Å². The molecule has 1 saturated carbocycles. The van der Waals surface area contributed by atoms with E-state index in [1.54, 1.807) is 7.11 Å². The van der Waals surface area contributed by atoms with Crippen LogP contribution in [0.2, 0.25) is 0 Å². The molecule has 21 heavy (non-hydrogen) atoms. The summed E-state index contributed by atoms with van der Waals surface area (Å²) in [6, 6.07) is 0.327. The third-order valence-electron chi connectivity index (χ3n) is 4.11. The molecule has 2 unspecified atom stereocenters. The summed E-state index contributed by atoms with van der Waals surface area (Å²) >= 11 is 0. The van der Waals surface area contributed by atoms with Crippen LogP contribution in [0.5, 0.6) is 0 Å². The fraction of sp³-hybridized carbons (Fsp3) is 0.875. The molecule has 0 spiro atoms. The molecule has 1 aromatic rings. The van der Waals surface area contributed by atoms with E-state index < -0.39 is 0 Å². The summed E-state index contributed by atoms with van der Waals surface area (Å²) < 4.78 is 11.0. The third kappa shape index (κ3) is 4.51. The topological polar surface area (TPSA) is 60.2 Å². The molecule has 5 nitrogen and oxygen atoms in total. The van der Waals surface area contributed by atoms with E-state index in [0.717, 1.165) is 19.4 Å². The molecule has 120 valence electrons. The highest BCUT2D eigenvalue weighted by Crippen LogP contribution is 2.41. The van der Waals surface area contributed by atoms with Gasteiger partial charge in [0.15, 0.2) is 0 Å². The normalized spacial score (nSPS) is 18.7. The lowest BCUT2D eigenvalue weighted by Crippen LogP contribution is -2.42. The minimum absolute atomic E-state index is 0.000752. The molecule has 0 aliphatic heterocycles. The summed E-state index contributed by atoms with van der Waals surface area (Å²) in [6.45, 7) is 9.89. The lowest BCUT2D eigenvalue weighted by atomic mass is 9.84.